The number of amides is 3. The first-order valence-corrected chi connectivity index (χ1v) is 5.59. The summed E-state index contributed by atoms with van der Waals surface area (Å²) in [5, 5.41) is 1.95. The number of hydrogen-bond acceptors (Lipinski definition) is 3. The molecule has 1 unspecified atom stereocenters. The second kappa shape index (κ2) is 5.69. The van der Waals surface area contributed by atoms with E-state index in [4.69, 9.17) is 10.5 Å². The highest BCUT2D eigenvalue weighted by atomic mass is 127. The largest absolute Gasteiger partial charge is 0.481 e. The van der Waals surface area contributed by atoms with Gasteiger partial charge in [-0.3, -0.25) is 10.1 Å². The molecule has 1 atom stereocenters. The quantitative estimate of drug-likeness (QED) is 0.817. The van der Waals surface area contributed by atoms with Crippen LogP contribution in [0.15, 0.2) is 24.3 Å². The van der Waals surface area contributed by atoms with Gasteiger partial charge in [0.15, 0.2) is 6.10 Å². The number of carbonyl (C=O) groups is 2. The van der Waals surface area contributed by atoms with E-state index in [1.165, 1.54) is 6.92 Å². The van der Waals surface area contributed by atoms with Crippen LogP contribution in [0.3, 0.4) is 0 Å². The number of urea groups is 1. The third kappa shape index (κ3) is 4.05. The van der Waals surface area contributed by atoms with Gasteiger partial charge in [0.2, 0.25) is 0 Å². The standard InChI is InChI=1S/C10H11IN2O3/c1-6(9(14)13-10(12)15)16-8-4-2-7(11)3-5-8/h2-6H,1H3,(H3,12,13,14,15). The average molecular weight is 334 g/mol. The van der Waals surface area contributed by atoms with Crippen LogP contribution in [-0.2, 0) is 4.79 Å². The molecule has 3 N–H and O–H groups in total. The molecule has 0 bridgehead atoms. The maximum Gasteiger partial charge on any atom is 0.318 e. The Morgan fingerprint density at radius 2 is 1.94 bits per heavy atom. The molecule has 86 valence electrons. The third-order valence-corrected chi connectivity index (χ3v) is 2.46. The van der Waals surface area contributed by atoms with Crippen molar-refractivity contribution in [1.29, 1.82) is 0 Å². The number of nitrogens with two attached hydrogens (primary N) is 1. The smallest absolute Gasteiger partial charge is 0.318 e. The topological polar surface area (TPSA) is 81.4 Å². The van der Waals surface area contributed by atoms with Crippen molar-refractivity contribution in [2.75, 3.05) is 0 Å². The van der Waals surface area contributed by atoms with E-state index in [1.54, 1.807) is 12.1 Å². The van der Waals surface area contributed by atoms with Crippen LogP contribution in [0.25, 0.3) is 0 Å². The monoisotopic (exact) mass is 334 g/mol. The molecule has 0 saturated heterocycles. The molecule has 1 aromatic carbocycles. The number of imide groups is 1. The van der Waals surface area contributed by atoms with E-state index >= 15 is 0 Å². The molecular weight excluding hydrogens is 323 g/mol. The van der Waals surface area contributed by atoms with Crippen molar-refractivity contribution in [2.45, 2.75) is 13.0 Å². The minimum absolute atomic E-state index is 0.563. The van der Waals surface area contributed by atoms with Gasteiger partial charge in [-0.1, -0.05) is 0 Å². The number of benzene rings is 1. The van der Waals surface area contributed by atoms with Crippen molar-refractivity contribution < 1.29 is 14.3 Å². The molecule has 5 nitrogen and oxygen atoms in total. The molecule has 0 aliphatic carbocycles. The van der Waals surface area contributed by atoms with Gasteiger partial charge in [0.1, 0.15) is 5.75 Å². The van der Waals surface area contributed by atoms with Crippen molar-refractivity contribution in [2.24, 2.45) is 5.73 Å². The summed E-state index contributed by atoms with van der Waals surface area (Å²) in [6.07, 6.45) is -0.771. The summed E-state index contributed by atoms with van der Waals surface area (Å²) in [6.45, 7) is 1.54. The van der Waals surface area contributed by atoms with E-state index < -0.39 is 18.0 Å². The van der Waals surface area contributed by atoms with Gasteiger partial charge in [0, 0.05) is 3.57 Å². The van der Waals surface area contributed by atoms with Crippen molar-refractivity contribution in [3.8, 4) is 5.75 Å². The second-order valence-corrected chi connectivity index (χ2v) is 4.31. The van der Waals surface area contributed by atoms with Crippen molar-refractivity contribution >= 4 is 34.5 Å². The number of ether oxygens (including phenoxy) is 1. The van der Waals surface area contributed by atoms with Crippen LogP contribution in [0.1, 0.15) is 6.92 Å². The Hall–Kier alpha value is -1.31. The van der Waals surface area contributed by atoms with E-state index in [0.29, 0.717) is 5.75 Å². The van der Waals surface area contributed by atoms with Gasteiger partial charge in [0.25, 0.3) is 5.91 Å². The number of halogens is 1. The van der Waals surface area contributed by atoms with Crippen LogP contribution >= 0.6 is 22.6 Å². The molecule has 6 heteroatoms. The van der Waals surface area contributed by atoms with E-state index in [9.17, 15) is 9.59 Å². The zero-order valence-electron chi connectivity index (χ0n) is 8.57. The van der Waals surface area contributed by atoms with Gasteiger partial charge in [-0.2, -0.15) is 0 Å². The zero-order valence-corrected chi connectivity index (χ0v) is 10.7. The molecule has 0 aromatic heterocycles. The van der Waals surface area contributed by atoms with Gasteiger partial charge in [-0.25, -0.2) is 4.79 Å². The lowest BCUT2D eigenvalue weighted by atomic mass is 10.3. The molecule has 0 spiro atoms. The summed E-state index contributed by atoms with van der Waals surface area (Å²) in [4.78, 5) is 21.7. The fraction of sp³-hybridized carbons (Fsp3) is 0.200. The van der Waals surface area contributed by atoms with Gasteiger partial charge >= 0.3 is 6.03 Å². The number of primary amides is 1. The number of nitrogens with one attached hydrogen (secondary N) is 1. The summed E-state index contributed by atoms with van der Waals surface area (Å²) in [6, 6.07) is 6.32. The molecule has 0 radical (unpaired) electrons. The van der Waals surface area contributed by atoms with E-state index in [1.807, 2.05) is 17.4 Å². The lowest BCUT2D eigenvalue weighted by Crippen LogP contribution is -2.42. The average Bonchev–Trinajstić information content (AvgIpc) is 2.20. The van der Waals surface area contributed by atoms with Crippen LogP contribution in [-0.4, -0.2) is 18.0 Å². The maximum absolute atomic E-state index is 11.3. The van der Waals surface area contributed by atoms with Crippen LogP contribution in [0, 0.1) is 3.57 Å². The summed E-state index contributed by atoms with van der Waals surface area (Å²) in [7, 11) is 0. The Labute approximate surface area is 106 Å². The molecule has 0 heterocycles. The Morgan fingerprint density at radius 3 is 2.44 bits per heavy atom. The maximum atomic E-state index is 11.3. The summed E-state index contributed by atoms with van der Waals surface area (Å²) in [5.41, 5.74) is 4.82. The highest BCUT2D eigenvalue weighted by molar-refractivity contribution is 14.1. The number of hydrogen-bond donors (Lipinski definition) is 2. The highest BCUT2D eigenvalue weighted by Gasteiger charge is 2.15. The van der Waals surface area contributed by atoms with E-state index in [0.717, 1.165) is 3.57 Å². The molecule has 0 aliphatic heterocycles. The first-order valence-electron chi connectivity index (χ1n) is 4.51. The molecular formula is C10H11IN2O3. The highest BCUT2D eigenvalue weighted by Crippen LogP contribution is 2.14. The molecule has 0 fully saturated rings. The normalized spacial score (nSPS) is 11.6. The van der Waals surface area contributed by atoms with Gasteiger partial charge in [-0.05, 0) is 53.8 Å². The molecule has 1 aromatic rings. The predicted molar refractivity (Wildman–Crippen MR) is 67.0 cm³/mol. The van der Waals surface area contributed by atoms with Crippen molar-refractivity contribution in [3.63, 3.8) is 0 Å². The lowest BCUT2D eigenvalue weighted by molar-refractivity contribution is -0.126. The fourth-order valence-electron chi connectivity index (χ4n) is 0.994. The van der Waals surface area contributed by atoms with Gasteiger partial charge < -0.3 is 10.5 Å². The number of carbonyl (C=O) groups excluding carboxylic acids is 2. The van der Waals surface area contributed by atoms with Crippen molar-refractivity contribution in [1.82, 2.24) is 5.32 Å². The number of rotatable bonds is 3. The molecule has 0 saturated carbocycles. The first kappa shape index (κ1) is 12.8. The predicted octanol–water partition coefficient (Wildman–Crippen LogP) is 1.25. The fourth-order valence-corrected chi connectivity index (χ4v) is 1.35. The zero-order chi connectivity index (χ0) is 12.1. The Kier molecular flexibility index (Phi) is 4.53. The van der Waals surface area contributed by atoms with Crippen LogP contribution in [0.5, 0.6) is 5.75 Å². The summed E-state index contributed by atoms with van der Waals surface area (Å²) >= 11 is 2.16. The molecule has 3 amide bonds. The summed E-state index contributed by atoms with van der Waals surface area (Å²) in [5.74, 6) is -0.00131. The van der Waals surface area contributed by atoms with E-state index in [-0.39, 0.29) is 0 Å². The lowest BCUT2D eigenvalue weighted by Gasteiger charge is -2.13. The Bertz CT molecular complexity index is 392. The molecule has 16 heavy (non-hydrogen) atoms. The van der Waals surface area contributed by atoms with E-state index in [2.05, 4.69) is 22.6 Å². The summed E-state index contributed by atoms with van der Waals surface area (Å²) < 4.78 is 6.38. The minimum Gasteiger partial charge on any atom is -0.481 e. The van der Waals surface area contributed by atoms with Crippen LogP contribution in [0.2, 0.25) is 0 Å². The minimum atomic E-state index is -0.886. The second-order valence-electron chi connectivity index (χ2n) is 3.07. The molecule has 0 aliphatic rings. The molecule has 1 rings (SSSR count). The Morgan fingerprint density at radius 1 is 1.38 bits per heavy atom. The van der Waals surface area contributed by atoms with Gasteiger partial charge in [0.05, 0.1) is 0 Å². The Balaban J connectivity index is 2.57. The SMILES string of the molecule is CC(Oc1ccc(I)cc1)C(=O)NC(N)=O. The van der Waals surface area contributed by atoms with Crippen LogP contribution < -0.4 is 15.8 Å². The first-order chi connectivity index (χ1) is 7.49. The third-order valence-electron chi connectivity index (χ3n) is 1.74. The van der Waals surface area contributed by atoms with Crippen molar-refractivity contribution in [3.05, 3.63) is 27.8 Å². The van der Waals surface area contributed by atoms with Gasteiger partial charge in [-0.15, -0.1) is 0 Å². The van der Waals surface area contributed by atoms with Crippen LogP contribution in [0.4, 0.5) is 4.79 Å².